The number of thioether (sulfide) groups is 1. The lowest BCUT2D eigenvalue weighted by molar-refractivity contribution is 0.598. The predicted molar refractivity (Wildman–Crippen MR) is 85.1 cm³/mol. The van der Waals surface area contributed by atoms with Crippen molar-refractivity contribution in [3.8, 4) is 0 Å². The number of sulfone groups is 1. The second kappa shape index (κ2) is 6.52. The van der Waals surface area contributed by atoms with E-state index in [4.69, 9.17) is 17.3 Å². The zero-order chi connectivity index (χ0) is 14.6. The third kappa shape index (κ3) is 3.91. The van der Waals surface area contributed by atoms with Crippen LogP contribution in [0.25, 0.3) is 0 Å². The normalized spacial score (nSPS) is 11.4. The molecule has 2 aromatic rings. The van der Waals surface area contributed by atoms with Crippen molar-refractivity contribution in [3.63, 3.8) is 0 Å². The highest BCUT2D eigenvalue weighted by Gasteiger charge is 2.17. The smallest absolute Gasteiger partial charge is 0.181 e. The molecule has 0 aliphatic rings. The standard InChI is InChI=1S/C14H14ClNO2S2/c15-11-6-7-14(13(16)10-11)20(17,18)9-8-19-12-4-2-1-3-5-12/h1-7,10H,8-9,16H2. The Morgan fingerprint density at radius 3 is 2.45 bits per heavy atom. The van der Waals surface area contributed by atoms with Crippen molar-refractivity contribution in [2.75, 3.05) is 17.2 Å². The fourth-order valence-corrected chi connectivity index (χ4v) is 4.59. The maximum Gasteiger partial charge on any atom is 0.181 e. The van der Waals surface area contributed by atoms with Crippen molar-refractivity contribution in [1.29, 1.82) is 0 Å². The van der Waals surface area contributed by atoms with Crippen LogP contribution in [0.3, 0.4) is 0 Å². The summed E-state index contributed by atoms with van der Waals surface area (Å²) in [6, 6.07) is 14.1. The molecule has 3 nitrogen and oxygen atoms in total. The van der Waals surface area contributed by atoms with Gasteiger partial charge in [-0.2, -0.15) is 0 Å². The Balaban J connectivity index is 2.04. The maximum absolute atomic E-state index is 12.2. The van der Waals surface area contributed by atoms with Gasteiger partial charge in [0.1, 0.15) is 0 Å². The van der Waals surface area contributed by atoms with Crippen LogP contribution in [0.2, 0.25) is 5.02 Å². The van der Waals surface area contributed by atoms with Crippen molar-refractivity contribution < 1.29 is 8.42 Å². The number of anilines is 1. The van der Waals surface area contributed by atoms with Crippen LogP contribution in [0.5, 0.6) is 0 Å². The van der Waals surface area contributed by atoms with Gasteiger partial charge in [0, 0.05) is 15.7 Å². The Kier molecular flexibility index (Phi) is 4.96. The molecule has 0 unspecified atom stereocenters. The van der Waals surface area contributed by atoms with Crippen LogP contribution in [0.4, 0.5) is 5.69 Å². The lowest BCUT2D eigenvalue weighted by Crippen LogP contribution is -2.11. The quantitative estimate of drug-likeness (QED) is 0.674. The molecule has 0 radical (unpaired) electrons. The average Bonchev–Trinajstić information content (AvgIpc) is 2.39. The molecule has 106 valence electrons. The number of nitrogen functional groups attached to an aromatic ring is 1. The molecule has 0 saturated heterocycles. The monoisotopic (exact) mass is 327 g/mol. The number of hydrogen-bond donors (Lipinski definition) is 1. The lowest BCUT2D eigenvalue weighted by atomic mass is 10.3. The predicted octanol–water partition coefficient (Wildman–Crippen LogP) is 3.49. The summed E-state index contributed by atoms with van der Waals surface area (Å²) in [6.45, 7) is 0. The third-order valence-electron chi connectivity index (χ3n) is 2.67. The van der Waals surface area contributed by atoms with E-state index in [0.29, 0.717) is 10.8 Å². The lowest BCUT2D eigenvalue weighted by Gasteiger charge is -2.07. The Morgan fingerprint density at radius 2 is 1.80 bits per heavy atom. The summed E-state index contributed by atoms with van der Waals surface area (Å²) in [4.78, 5) is 1.20. The molecular weight excluding hydrogens is 314 g/mol. The Bertz CT molecular complexity index is 688. The second-order valence-corrected chi connectivity index (χ2v) is 7.84. The average molecular weight is 328 g/mol. The van der Waals surface area contributed by atoms with E-state index in [0.717, 1.165) is 4.90 Å². The SMILES string of the molecule is Nc1cc(Cl)ccc1S(=O)(=O)CCSc1ccccc1. The third-order valence-corrected chi connectivity index (χ3v) is 5.96. The van der Waals surface area contributed by atoms with Crippen molar-refractivity contribution in [1.82, 2.24) is 0 Å². The van der Waals surface area contributed by atoms with E-state index in [1.54, 1.807) is 0 Å². The summed E-state index contributed by atoms with van der Waals surface area (Å²) in [6.07, 6.45) is 0. The fraction of sp³-hybridized carbons (Fsp3) is 0.143. The van der Waals surface area contributed by atoms with Crippen LogP contribution in [0.15, 0.2) is 58.3 Å². The van der Waals surface area contributed by atoms with Gasteiger partial charge >= 0.3 is 0 Å². The zero-order valence-electron chi connectivity index (χ0n) is 10.6. The van der Waals surface area contributed by atoms with Crippen LogP contribution < -0.4 is 5.73 Å². The molecule has 20 heavy (non-hydrogen) atoms. The molecule has 2 N–H and O–H groups in total. The number of rotatable bonds is 5. The van der Waals surface area contributed by atoms with E-state index in [1.165, 1.54) is 30.0 Å². The van der Waals surface area contributed by atoms with Gasteiger partial charge in [-0.25, -0.2) is 8.42 Å². The van der Waals surface area contributed by atoms with Gasteiger partial charge in [-0.1, -0.05) is 29.8 Å². The van der Waals surface area contributed by atoms with E-state index < -0.39 is 9.84 Å². The molecule has 2 rings (SSSR count). The van der Waals surface area contributed by atoms with Gasteiger partial charge in [-0.3, -0.25) is 0 Å². The molecular formula is C14H14ClNO2S2. The highest BCUT2D eigenvalue weighted by Crippen LogP contribution is 2.25. The minimum Gasteiger partial charge on any atom is -0.398 e. The van der Waals surface area contributed by atoms with Crippen LogP contribution in [-0.4, -0.2) is 19.9 Å². The van der Waals surface area contributed by atoms with Gasteiger partial charge in [0.2, 0.25) is 0 Å². The molecule has 0 bridgehead atoms. The summed E-state index contributed by atoms with van der Waals surface area (Å²) in [7, 11) is -3.38. The Hall–Kier alpha value is -1.17. The first-order valence-corrected chi connectivity index (χ1v) is 8.96. The van der Waals surface area contributed by atoms with E-state index in [-0.39, 0.29) is 16.3 Å². The fourth-order valence-electron chi connectivity index (χ4n) is 1.70. The topological polar surface area (TPSA) is 60.2 Å². The van der Waals surface area contributed by atoms with Crippen LogP contribution in [0, 0.1) is 0 Å². The van der Waals surface area contributed by atoms with Crippen molar-refractivity contribution >= 4 is 38.9 Å². The Labute approximate surface area is 128 Å². The van der Waals surface area contributed by atoms with Crippen LogP contribution >= 0.6 is 23.4 Å². The van der Waals surface area contributed by atoms with E-state index in [2.05, 4.69) is 0 Å². The number of hydrogen-bond acceptors (Lipinski definition) is 4. The van der Waals surface area contributed by atoms with Crippen LogP contribution in [-0.2, 0) is 9.84 Å². The maximum atomic E-state index is 12.2. The molecule has 0 aliphatic carbocycles. The van der Waals surface area contributed by atoms with Gasteiger partial charge in [0.05, 0.1) is 16.3 Å². The molecule has 0 atom stereocenters. The minimum absolute atomic E-state index is 0.0401. The van der Waals surface area contributed by atoms with E-state index >= 15 is 0 Å². The first-order chi connectivity index (χ1) is 9.49. The van der Waals surface area contributed by atoms with Gasteiger partial charge in [-0.05, 0) is 30.3 Å². The summed E-state index contributed by atoms with van der Waals surface area (Å²) in [5.41, 5.74) is 5.92. The van der Waals surface area contributed by atoms with Crippen molar-refractivity contribution in [3.05, 3.63) is 53.6 Å². The molecule has 2 aromatic carbocycles. The molecule has 0 saturated carbocycles. The molecule has 0 fully saturated rings. The highest BCUT2D eigenvalue weighted by atomic mass is 35.5. The number of halogens is 1. The molecule has 0 aliphatic heterocycles. The largest absolute Gasteiger partial charge is 0.398 e. The molecule has 0 heterocycles. The first-order valence-electron chi connectivity index (χ1n) is 5.95. The highest BCUT2D eigenvalue weighted by molar-refractivity contribution is 8.00. The second-order valence-electron chi connectivity index (χ2n) is 4.16. The molecule has 0 amide bonds. The molecule has 0 aromatic heterocycles. The summed E-state index contributed by atoms with van der Waals surface area (Å²) in [5, 5.41) is 0.431. The van der Waals surface area contributed by atoms with E-state index in [1.807, 2.05) is 30.3 Å². The van der Waals surface area contributed by atoms with Crippen molar-refractivity contribution in [2.45, 2.75) is 9.79 Å². The van der Waals surface area contributed by atoms with Gasteiger partial charge in [-0.15, -0.1) is 11.8 Å². The first kappa shape index (κ1) is 15.2. The summed E-state index contributed by atoms with van der Waals surface area (Å²) >= 11 is 7.28. The zero-order valence-corrected chi connectivity index (χ0v) is 13.0. The van der Waals surface area contributed by atoms with Gasteiger partial charge in [0.25, 0.3) is 0 Å². The number of benzene rings is 2. The van der Waals surface area contributed by atoms with Crippen molar-refractivity contribution in [2.24, 2.45) is 0 Å². The molecule has 0 spiro atoms. The van der Waals surface area contributed by atoms with E-state index in [9.17, 15) is 8.42 Å². The molecule has 6 heteroatoms. The Morgan fingerprint density at radius 1 is 1.10 bits per heavy atom. The summed E-state index contributed by atoms with van der Waals surface area (Å²) in [5.74, 6) is 0.521. The van der Waals surface area contributed by atoms with Crippen LogP contribution in [0.1, 0.15) is 0 Å². The summed E-state index contributed by atoms with van der Waals surface area (Å²) < 4.78 is 24.4. The minimum atomic E-state index is -3.38. The van der Waals surface area contributed by atoms with Gasteiger partial charge < -0.3 is 5.73 Å². The number of nitrogens with two attached hydrogens (primary N) is 1. The van der Waals surface area contributed by atoms with Gasteiger partial charge in [0.15, 0.2) is 9.84 Å².